The number of aliphatic hydroxyl groups is 2. The summed E-state index contributed by atoms with van der Waals surface area (Å²) in [6, 6.07) is -1.03. The number of aliphatic hydroxyl groups excluding tert-OH is 2. The summed E-state index contributed by atoms with van der Waals surface area (Å²) in [7, 11) is 0. The number of H-pyrrole nitrogens is 3. The fourth-order valence-electron chi connectivity index (χ4n) is 7.70. The van der Waals surface area contributed by atoms with Crippen LogP contribution in [0.1, 0.15) is 78.1 Å². The molecule has 0 amide bonds. The van der Waals surface area contributed by atoms with Crippen molar-refractivity contribution in [3.8, 4) is 0 Å². The SMILES string of the molecule is Cc1cn([C@H]2C[C@H](O)[C@@H](Cc3cn([C@H]4C[C@H](n5cc(C)c(=O)[nH]c5=O)O[C@@H]4Cc4cn([C@H]5C[C@H](n6cc(C)c(=O)[nH]c6=O)O[C@@H]5CO)nn4)nn3)O2)c(=O)[nH]c1=O. The van der Waals surface area contributed by atoms with E-state index in [1.165, 1.54) is 32.3 Å². The van der Waals surface area contributed by atoms with E-state index in [9.17, 15) is 39.0 Å². The summed E-state index contributed by atoms with van der Waals surface area (Å²) in [5.41, 5.74) is -1.56. The fourth-order valence-corrected chi connectivity index (χ4v) is 7.70. The Morgan fingerprint density at radius 2 is 0.982 bits per heavy atom. The second kappa shape index (κ2) is 14.9. The first-order valence-electron chi connectivity index (χ1n) is 18.3. The van der Waals surface area contributed by atoms with Gasteiger partial charge in [-0.2, -0.15) is 0 Å². The van der Waals surface area contributed by atoms with Gasteiger partial charge in [-0.05, 0) is 20.8 Å². The van der Waals surface area contributed by atoms with Gasteiger partial charge in [0, 0.05) is 79.8 Å². The van der Waals surface area contributed by atoms with Crippen molar-refractivity contribution in [3.05, 3.63) is 122 Å². The van der Waals surface area contributed by atoms with Gasteiger partial charge in [0.2, 0.25) is 0 Å². The van der Waals surface area contributed by atoms with Crippen molar-refractivity contribution < 1.29 is 24.4 Å². The van der Waals surface area contributed by atoms with E-state index in [1.54, 1.807) is 42.5 Å². The highest BCUT2D eigenvalue weighted by molar-refractivity contribution is 5.08. The number of nitrogens with zero attached hydrogens (tertiary/aromatic N) is 9. The van der Waals surface area contributed by atoms with E-state index in [0.717, 1.165) is 0 Å². The number of hydrogen-bond acceptors (Lipinski definition) is 15. The van der Waals surface area contributed by atoms with Gasteiger partial charge < -0.3 is 24.4 Å². The molecule has 0 spiro atoms. The van der Waals surface area contributed by atoms with Crippen LogP contribution < -0.4 is 33.7 Å². The molecule has 302 valence electrons. The molecule has 23 heteroatoms. The Bertz CT molecular complexity index is 2670. The van der Waals surface area contributed by atoms with Crippen LogP contribution in [0.4, 0.5) is 0 Å². The minimum Gasteiger partial charge on any atom is -0.394 e. The maximum atomic E-state index is 12.9. The third kappa shape index (κ3) is 7.30. The Balaban J connectivity index is 1.02. The average Bonchev–Trinajstić information content (AvgIpc) is 4.02. The Kier molecular flexibility index (Phi) is 9.93. The van der Waals surface area contributed by atoms with Crippen LogP contribution in [0.15, 0.2) is 59.8 Å². The van der Waals surface area contributed by atoms with E-state index in [2.05, 4.69) is 35.6 Å². The first-order valence-corrected chi connectivity index (χ1v) is 18.3. The maximum absolute atomic E-state index is 12.9. The summed E-state index contributed by atoms with van der Waals surface area (Å²) in [6.07, 6.45) is 3.02. The third-order valence-corrected chi connectivity index (χ3v) is 10.8. The van der Waals surface area contributed by atoms with Crippen LogP contribution in [-0.2, 0) is 27.1 Å². The molecule has 8 rings (SSSR count). The van der Waals surface area contributed by atoms with Crippen molar-refractivity contribution in [2.24, 2.45) is 0 Å². The van der Waals surface area contributed by atoms with E-state index in [-0.39, 0.29) is 38.7 Å². The highest BCUT2D eigenvalue weighted by Gasteiger charge is 2.42. The lowest BCUT2D eigenvalue weighted by molar-refractivity contribution is -0.0323. The predicted octanol–water partition coefficient (Wildman–Crippen LogP) is -2.47. The Morgan fingerprint density at radius 1 is 0.596 bits per heavy atom. The molecular weight excluding hydrogens is 752 g/mol. The van der Waals surface area contributed by atoms with Gasteiger partial charge in [-0.25, -0.2) is 23.7 Å². The van der Waals surface area contributed by atoms with Crippen LogP contribution in [0.5, 0.6) is 0 Å². The molecule has 0 aromatic carbocycles. The molecule has 0 aliphatic carbocycles. The Labute approximate surface area is 319 Å². The number of aryl methyl sites for hydroxylation is 3. The monoisotopic (exact) mass is 792 g/mol. The normalized spacial score (nSPS) is 27.4. The lowest BCUT2D eigenvalue weighted by Gasteiger charge is -2.18. The van der Waals surface area contributed by atoms with Crippen molar-refractivity contribution >= 4 is 0 Å². The van der Waals surface area contributed by atoms with Gasteiger partial charge >= 0.3 is 17.1 Å². The second-order valence-corrected chi connectivity index (χ2v) is 14.7. The maximum Gasteiger partial charge on any atom is 0.330 e. The van der Waals surface area contributed by atoms with Crippen molar-refractivity contribution in [3.63, 3.8) is 0 Å². The Morgan fingerprint density at radius 3 is 1.44 bits per heavy atom. The standard InChI is InChI=1S/C34H40N12O11/c1-15-9-42(32(52)35-29(15)49)26-6-20(45-13-19(39-40-45)5-24-22(48)8-28(56-24)44-11-17(3)31(51)37-34(44)54)23(55-26)4-18-12-46(41-38-18)21-7-27(57-25(21)14-47)43-10-16(2)30(50)36-33(43)53/h9-13,20-28,47-48H,4-8,14H2,1-3H3,(H,35,49,52)(H,36,50,53)(H,37,51,54)/t20-,21-,22-,23+,24+,25+,26+,27+,28+/m0/s1. The first-order chi connectivity index (χ1) is 27.3. The quantitative estimate of drug-likeness (QED) is 0.0979. The van der Waals surface area contributed by atoms with Gasteiger partial charge in [-0.1, -0.05) is 10.4 Å². The zero-order valence-corrected chi connectivity index (χ0v) is 30.9. The predicted molar refractivity (Wildman–Crippen MR) is 192 cm³/mol. The lowest BCUT2D eigenvalue weighted by atomic mass is 10.0. The number of aromatic amines is 3. The average molecular weight is 793 g/mol. The lowest BCUT2D eigenvalue weighted by Crippen LogP contribution is -2.33. The molecule has 0 radical (unpaired) electrons. The summed E-state index contributed by atoms with van der Waals surface area (Å²) in [5.74, 6) is 0. The Hall–Kier alpha value is -5.88. The summed E-state index contributed by atoms with van der Waals surface area (Å²) in [6.45, 7) is 4.33. The zero-order valence-electron chi connectivity index (χ0n) is 30.9. The molecule has 3 fully saturated rings. The van der Waals surface area contributed by atoms with Crippen LogP contribution >= 0.6 is 0 Å². The number of rotatable bonds is 10. The van der Waals surface area contributed by atoms with E-state index in [4.69, 9.17) is 14.2 Å². The van der Waals surface area contributed by atoms with Crippen molar-refractivity contribution in [2.75, 3.05) is 6.61 Å². The van der Waals surface area contributed by atoms with Gasteiger partial charge in [-0.15, -0.1) is 10.2 Å². The largest absolute Gasteiger partial charge is 0.394 e. The molecular formula is C34H40N12O11. The highest BCUT2D eigenvalue weighted by atomic mass is 16.5. The van der Waals surface area contributed by atoms with Gasteiger partial charge in [0.1, 0.15) is 24.8 Å². The summed E-state index contributed by atoms with van der Waals surface area (Å²) < 4.78 is 25.5. The minimum atomic E-state index is -0.947. The van der Waals surface area contributed by atoms with E-state index < -0.39 is 88.9 Å². The molecule has 5 aromatic rings. The molecule has 3 saturated heterocycles. The second-order valence-electron chi connectivity index (χ2n) is 14.7. The number of hydrogen-bond donors (Lipinski definition) is 5. The van der Waals surface area contributed by atoms with E-state index in [1.807, 2.05) is 0 Å². The van der Waals surface area contributed by atoms with Crippen LogP contribution in [0.2, 0.25) is 0 Å². The van der Waals surface area contributed by atoms with Crippen LogP contribution in [0.25, 0.3) is 0 Å². The molecule has 0 bridgehead atoms. The smallest absolute Gasteiger partial charge is 0.330 e. The first kappa shape index (κ1) is 38.0. The van der Waals surface area contributed by atoms with Gasteiger partial charge in [-0.3, -0.25) is 43.0 Å². The highest BCUT2D eigenvalue weighted by Crippen LogP contribution is 2.39. The van der Waals surface area contributed by atoms with Crippen molar-refractivity contribution in [2.45, 2.75) is 108 Å². The molecule has 5 N–H and O–H groups in total. The van der Waals surface area contributed by atoms with Gasteiger partial charge in [0.25, 0.3) is 16.7 Å². The summed E-state index contributed by atoms with van der Waals surface area (Å²) in [4.78, 5) is 80.7. The molecule has 0 saturated carbocycles. The number of ether oxygens (including phenoxy) is 3. The molecule has 8 heterocycles. The minimum absolute atomic E-state index is 0.108. The molecule has 5 aromatic heterocycles. The topological polar surface area (TPSA) is 294 Å². The van der Waals surface area contributed by atoms with E-state index >= 15 is 0 Å². The van der Waals surface area contributed by atoms with Gasteiger partial charge in [0.15, 0.2) is 0 Å². The van der Waals surface area contributed by atoms with Crippen molar-refractivity contribution in [1.82, 2.24) is 58.6 Å². The summed E-state index contributed by atoms with van der Waals surface area (Å²) in [5, 5.41) is 38.4. The van der Waals surface area contributed by atoms with Gasteiger partial charge in [0.05, 0.1) is 48.4 Å². The zero-order chi connectivity index (χ0) is 40.3. The third-order valence-electron chi connectivity index (χ3n) is 10.8. The number of nitrogens with one attached hydrogen (secondary N) is 3. The molecule has 3 aliphatic rings. The van der Waals surface area contributed by atoms with E-state index in [0.29, 0.717) is 28.1 Å². The van der Waals surface area contributed by atoms with Crippen LogP contribution in [-0.4, -0.2) is 99.9 Å². The fraction of sp³-hybridized carbons (Fsp3) is 0.529. The molecule has 23 nitrogen and oxygen atoms in total. The summed E-state index contributed by atoms with van der Waals surface area (Å²) >= 11 is 0. The van der Waals surface area contributed by atoms with Crippen molar-refractivity contribution in [1.29, 1.82) is 0 Å². The molecule has 0 unspecified atom stereocenters. The van der Waals surface area contributed by atoms with Crippen LogP contribution in [0.3, 0.4) is 0 Å². The molecule has 57 heavy (non-hydrogen) atoms. The molecule has 3 aliphatic heterocycles. The van der Waals surface area contributed by atoms with Crippen LogP contribution in [0, 0.1) is 20.8 Å². The number of aromatic nitrogens is 12. The molecule has 9 atom stereocenters.